The highest BCUT2D eigenvalue weighted by Crippen LogP contribution is 2.14. The Morgan fingerprint density at radius 3 is 2.62 bits per heavy atom. The van der Waals surface area contributed by atoms with Crippen LogP contribution in [0.2, 0.25) is 0 Å². The van der Waals surface area contributed by atoms with Gasteiger partial charge in [-0.1, -0.05) is 32.1 Å². The Balaban J connectivity index is 1.62. The second-order valence-corrected chi connectivity index (χ2v) is 7.97. The summed E-state index contributed by atoms with van der Waals surface area (Å²) in [5, 5.41) is 7.78. The number of ether oxygens (including phenoxy) is 1. The van der Waals surface area contributed by atoms with Crippen LogP contribution in [-0.4, -0.2) is 26.5 Å². The highest BCUT2D eigenvalue weighted by atomic mass is 32.1. The van der Waals surface area contributed by atoms with E-state index in [0.717, 1.165) is 5.01 Å². The van der Waals surface area contributed by atoms with Crippen molar-refractivity contribution in [2.45, 2.75) is 40.2 Å². The molecule has 0 bridgehead atoms. The van der Waals surface area contributed by atoms with E-state index < -0.39 is 5.97 Å². The summed E-state index contributed by atoms with van der Waals surface area (Å²) in [6.45, 7) is 5.78. The van der Waals surface area contributed by atoms with Gasteiger partial charge in [0, 0.05) is 18.2 Å². The summed E-state index contributed by atoms with van der Waals surface area (Å²) < 4.78 is 6.52. The zero-order valence-electron chi connectivity index (χ0n) is 16.5. The number of amides is 1. The molecule has 0 aliphatic heterocycles. The Kier molecular flexibility index (Phi) is 6.38. The lowest BCUT2D eigenvalue weighted by atomic mass is 10.1. The van der Waals surface area contributed by atoms with Gasteiger partial charge in [-0.2, -0.15) is 9.61 Å². The van der Waals surface area contributed by atoms with E-state index in [4.69, 9.17) is 4.74 Å². The molecule has 3 rings (SSSR count). The third-order valence-electron chi connectivity index (χ3n) is 3.99. The summed E-state index contributed by atoms with van der Waals surface area (Å²) in [7, 11) is 0. The summed E-state index contributed by atoms with van der Waals surface area (Å²) in [5.41, 5.74) is 1.02. The number of carbonyl (C=O) groups excluding carboxylic acids is 2. The zero-order valence-corrected chi connectivity index (χ0v) is 17.3. The summed E-state index contributed by atoms with van der Waals surface area (Å²) >= 11 is 1.33. The van der Waals surface area contributed by atoms with Crippen molar-refractivity contribution in [2.75, 3.05) is 5.32 Å². The van der Waals surface area contributed by atoms with Crippen LogP contribution in [0, 0.1) is 5.92 Å². The van der Waals surface area contributed by atoms with E-state index in [0.29, 0.717) is 34.7 Å². The molecule has 8 nitrogen and oxygen atoms in total. The predicted molar refractivity (Wildman–Crippen MR) is 110 cm³/mol. The maximum Gasteiger partial charge on any atom is 0.338 e. The molecule has 1 aromatic carbocycles. The summed E-state index contributed by atoms with van der Waals surface area (Å²) in [6, 6.07) is 7.77. The van der Waals surface area contributed by atoms with E-state index in [1.165, 1.54) is 21.9 Å². The van der Waals surface area contributed by atoms with Crippen molar-refractivity contribution in [3.8, 4) is 0 Å². The summed E-state index contributed by atoms with van der Waals surface area (Å²) in [4.78, 5) is 41.0. The van der Waals surface area contributed by atoms with Crippen molar-refractivity contribution in [2.24, 2.45) is 5.92 Å². The number of fused-ring (bicyclic) bond motifs is 1. The summed E-state index contributed by atoms with van der Waals surface area (Å²) in [6.07, 6.45) is 1.15. The minimum Gasteiger partial charge on any atom is -0.456 e. The first-order valence-electron chi connectivity index (χ1n) is 9.31. The Morgan fingerprint density at radius 2 is 1.97 bits per heavy atom. The number of hydrogen-bond donors (Lipinski definition) is 1. The van der Waals surface area contributed by atoms with Crippen molar-refractivity contribution in [3.05, 3.63) is 57.0 Å². The van der Waals surface area contributed by atoms with Gasteiger partial charge in [-0.15, -0.1) is 0 Å². The van der Waals surface area contributed by atoms with E-state index in [2.05, 4.69) is 15.4 Å². The molecule has 2 aromatic heterocycles. The van der Waals surface area contributed by atoms with Crippen LogP contribution in [0.4, 0.5) is 5.69 Å². The Hall–Kier alpha value is -3.07. The van der Waals surface area contributed by atoms with Gasteiger partial charge in [-0.25, -0.2) is 9.78 Å². The molecule has 0 unspecified atom stereocenters. The van der Waals surface area contributed by atoms with Crippen LogP contribution >= 0.6 is 11.3 Å². The first kappa shape index (κ1) is 20.7. The number of aryl methyl sites for hydroxylation is 1. The number of nitrogens with zero attached hydrogens (tertiary/aromatic N) is 3. The normalized spacial score (nSPS) is 11.0. The average molecular weight is 414 g/mol. The molecule has 0 fully saturated rings. The summed E-state index contributed by atoms with van der Waals surface area (Å²) in [5.74, 6) is -0.341. The Morgan fingerprint density at radius 1 is 1.24 bits per heavy atom. The first-order chi connectivity index (χ1) is 13.9. The molecule has 2 heterocycles. The fourth-order valence-electron chi connectivity index (χ4n) is 2.61. The molecule has 152 valence electrons. The maximum absolute atomic E-state index is 12.3. The number of aromatic nitrogens is 3. The Bertz CT molecular complexity index is 1090. The van der Waals surface area contributed by atoms with Gasteiger partial charge in [0.15, 0.2) is 0 Å². The quantitative estimate of drug-likeness (QED) is 0.596. The fourth-order valence-corrected chi connectivity index (χ4v) is 3.47. The number of hydrogen-bond acceptors (Lipinski definition) is 7. The smallest absolute Gasteiger partial charge is 0.338 e. The van der Waals surface area contributed by atoms with Crippen molar-refractivity contribution in [1.82, 2.24) is 14.6 Å². The predicted octanol–water partition coefficient (Wildman–Crippen LogP) is 3.06. The second kappa shape index (κ2) is 8.95. The molecule has 3 aromatic rings. The molecule has 0 saturated heterocycles. The monoisotopic (exact) mass is 414 g/mol. The maximum atomic E-state index is 12.3. The highest BCUT2D eigenvalue weighted by Gasteiger charge is 2.12. The fraction of sp³-hybridized carbons (Fsp3) is 0.350. The van der Waals surface area contributed by atoms with Crippen LogP contribution in [0.3, 0.4) is 0 Å². The SMILES string of the molecule is CCc1nn2c(=O)cc(COC(=O)c3ccc(NC(=O)CC(C)C)cc3)nc2s1. The first-order valence-corrected chi connectivity index (χ1v) is 10.1. The van der Waals surface area contributed by atoms with Crippen molar-refractivity contribution in [1.29, 1.82) is 0 Å². The van der Waals surface area contributed by atoms with Gasteiger partial charge >= 0.3 is 5.97 Å². The number of anilines is 1. The van der Waals surface area contributed by atoms with Gasteiger partial charge in [0.1, 0.15) is 11.6 Å². The van der Waals surface area contributed by atoms with E-state index in [1.807, 2.05) is 20.8 Å². The molecular formula is C20H22N4O4S. The van der Waals surface area contributed by atoms with Crippen LogP contribution in [0.15, 0.2) is 35.1 Å². The molecule has 0 aliphatic carbocycles. The third-order valence-corrected chi connectivity index (χ3v) is 5.04. The van der Waals surface area contributed by atoms with Crippen LogP contribution in [0.5, 0.6) is 0 Å². The number of benzene rings is 1. The lowest BCUT2D eigenvalue weighted by Crippen LogP contribution is -2.16. The average Bonchev–Trinajstić information content (AvgIpc) is 3.10. The molecule has 0 atom stereocenters. The lowest BCUT2D eigenvalue weighted by Gasteiger charge is -2.08. The molecule has 0 radical (unpaired) electrons. The van der Waals surface area contributed by atoms with E-state index in [-0.39, 0.29) is 24.0 Å². The van der Waals surface area contributed by atoms with Gasteiger partial charge < -0.3 is 10.1 Å². The number of esters is 1. The van der Waals surface area contributed by atoms with Gasteiger partial charge in [0.25, 0.3) is 5.56 Å². The molecule has 0 spiro atoms. The number of nitrogens with one attached hydrogen (secondary N) is 1. The standard InChI is InChI=1S/C20H22N4O4S/c1-4-17-23-24-18(26)10-15(22-20(24)29-17)11-28-19(27)13-5-7-14(8-6-13)21-16(25)9-12(2)3/h5-8,10,12H,4,9,11H2,1-3H3,(H,21,25). The molecule has 0 aliphatic rings. The molecular weight excluding hydrogens is 392 g/mol. The number of carbonyl (C=O) groups is 2. The highest BCUT2D eigenvalue weighted by molar-refractivity contribution is 7.16. The zero-order chi connectivity index (χ0) is 21.0. The van der Waals surface area contributed by atoms with Gasteiger partial charge in [-0.3, -0.25) is 9.59 Å². The van der Waals surface area contributed by atoms with Crippen LogP contribution in [0.25, 0.3) is 4.96 Å². The van der Waals surface area contributed by atoms with Crippen molar-refractivity contribution >= 4 is 33.9 Å². The Labute approximate surface area is 171 Å². The van der Waals surface area contributed by atoms with Crippen LogP contribution in [-0.2, 0) is 22.6 Å². The molecule has 9 heteroatoms. The van der Waals surface area contributed by atoms with Crippen LogP contribution < -0.4 is 10.9 Å². The minimum atomic E-state index is -0.536. The van der Waals surface area contributed by atoms with Gasteiger partial charge in [0.05, 0.1) is 11.3 Å². The van der Waals surface area contributed by atoms with Gasteiger partial charge in [-0.05, 0) is 36.6 Å². The lowest BCUT2D eigenvalue weighted by molar-refractivity contribution is -0.116. The third kappa shape index (κ3) is 5.26. The molecule has 1 N–H and O–H groups in total. The topological polar surface area (TPSA) is 103 Å². The largest absolute Gasteiger partial charge is 0.456 e. The molecule has 1 amide bonds. The van der Waals surface area contributed by atoms with Crippen LogP contribution in [0.1, 0.15) is 48.3 Å². The van der Waals surface area contributed by atoms with Crippen molar-refractivity contribution < 1.29 is 14.3 Å². The van der Waals surface area contributed by atoms with E-state index in [9.17, 15) is 14.4 Å². The van der Waals surface area contributed by atoms with Crippen molar-refractivity contribution in [3.63, 3.8) is 0 Å². The minimum absolute atomic E-state index is 0.0719. The second-order valence-electron chi connectivity index (χ2n) is 6.93. The molecule has 29 heavy (non-hydrogen) atoms. The van der Waals surface area contributed by atoms with E-state index in [1.54, 1.807) is 24.3 Å². The van der Waals surface area contributed by atoms with Gasteiger partial charge in [0.2, 0.25) is 10.9 Å². The van der Waals surface area contributed by atoms with E-state index >= 15 is 0 Å². The number of rotatable bonds is 7. The molecule has 0 saturated carbocycles.